The van der Waals surface area contributed by atoms with Crippen LogP contribution in [0.4, 0.5) is 0 Å². The van der Waals surface area contributed by atoms with Crippen LogP contribution in [0.2, 0.25) is 0 Å². The van der Waals surface area contributed by atoms with Gasteiger partial charge in [0.1, 0.15) is 12.0 Å². The maximum absolute atomic E-state index is 5.51. The van der Waals surface area contributed by atoms with E-state index in [1.54, 1.807) is 0 Å². The van der Waals surface area contributed by atoms with Crippen LogP contribution < -0.4 is 10.6 Å². The third kappa shape index (κ3) is 7.62. The Balaban J connectivity index is 1.12. The SMILES string of the molecule is CC[C@H](CC[C@H](C)c1ccccc1S)C1NC(c2ccccc2)=NC(c2cc(-c3ccccc3)cc(-c3cccc4c3-c3ccccc3C4(c3ccccc3)c3ccccc3)c2)N1. The molecule has 0 saturated carbocycles. The molecule has 10 rings (SSSR count). The Hall–Kier alpha value is -6.46. The third-order valence-corrected chi connectivity index (χ3v) is 13.9. The normalized spacial score (nSPS) is 17.2. The fraction of sp³-hybridized carbons (Fsp3) is 0.169. The van der Waals surface area contributed by atoms with E-state index in [0.29, 0.717) is 11.8 Å². The smallest absolute Gasteiger partial charge is 0.131 e. The average Bonchev–Trinajstić information content (AvgIpc) is 3.66. The van der Waals surface area contributed by atoms with Crippen molar-refractivity contribution in [2.24, 2.45) is 10.9 Å². The standard InChI is InChI=1S/C59H53N3S/c1-3-41(36-35-40(2)49-29-17-19-34-54(49)63)56-60-57(43-23-10-5-11-24-43)62-58(61-56)46-38-44(42-21-8-4-9-22-42)37-45(39-46)50-31-20-33-53-55(50)51-30-16-18-32-52(51)59(53,47-25-12-6-13-26-47)48-27-14-7-15-28-48/h4-34,37-41,56,58,61,63H,3,35-36H2,1-2H3,(H,60,62)/t40-,41+,56?,58?/m0/s1. The molecule has 8 aromatic carbocycles. The molecule has 63 heavy (non-hydrogen) atoms. The van der Waals surface area contributed by atoms with Crippen molar-refractivity contribution in [2.45, 2.75) is 61.7 Å². The minimum atomic E-state index is -0.482. The molecule has 0 bridgehead atoms. The third-order valence-electron chi connectivity index (χ3n) is 13.5. The number of aliphatic imine (C=N–C) groups is 1. The number of rotatable bonds is 12. The van der Waals surface area contributed by atoms with Gasteiger partial charge in [0.15, 0.2) is 0 Å². The molecule has 310 valence electrons. The first-order valence-electron chi connectivity index (χ1n) is 22.5. The molecule has 0 spiro atoms. The molecule has 0 fully saturated rings. The first kappa shape index (κ1) is 40.6. The van der Waals surface area contributed by atoms with Gasteiger partial charge in [-0.05, 0) is 116 Å². The number of hydrogen-bond acceptors (Lipinski definition) is 4. The molecule has 8 aromatic rings. The molecule has 2 aliphatic rings. The molecule has 0 saturated heterocycles. The highest BCUT2D eigenvalue weighted by Crippen LogP contribution is 2.58. The first-order valence-corrected chi connectivity index (χ1v) is 23.0. The fourth-order valence-electron chi connectivity index (χ4n) is 10.4. The summed E-state index contributed by atoms with van der Waals surface area (Å²) >= 11 is 4.82. The summed E-state index contributed by atoms with van der Waals surface area (Å²) in [5.74, 6) is 1.69. The summed E-state index contributed by atoms with van der Waals surface area (Å²) in [5, 5.41) is 7.96. The van der Waals surface area contributed by atoms with E-state index in [-0.39, 0.29) is 12.3 Å². The molecule has 1 aliphatic heterocycles. The van der Waals surface area contributed by atoms with Crippen LogP contribution in [-0.4, -0.2) is 12.0 Å². The second-order valence-corrected chi connectivity index (χ2v) is 17.7. The van der Waals surface area contributed by atoms with Crippen LogP contribution in [0.1, 0.15) is 84.1 Å². The number of hydrogen-bond donors (Lipinski definition) is 3. The molecule has 0 radical (unpaired) electrons. The second kappa shape index (κ2) is 17.7. The zero-order chi connectivity index (χ0) is 42.8. The van der Waals surface area contributed by atoms with Gasteiger partial charge in [0.25, 0.3) is 0 Å². The lowest BCUT2D eigenvalue weighted by Crippen LogP contribution is -2.55. The number of nitrogens with zero attached hydrogens (tertiary/aromatic N) is 1. The monoisotopic (exact) mass is 835 g/mol. The lowest BCUT2D eigenvalue weighted by Gasteiger charge is -2.37. The average molecular weight is 836 g/mol. The van der Waals surface area contributed by atoms with E-state index in [9.17, 15) is 0 Å². The van der Waals surface area contributed by atoms with Crippen molar-refractivity contribution >= 4 is 18.5 Å². The Labute approximate surface area is 378 Å². The quantitative estimate of drug-likeness (QED) is 0.107. The van der Waals surface area contributed by atoms with E-state index in [0.717, 1.165) is 41.1 Å². The van der Waals surface area contributed by atoms with Gasteiger partial charge < -0.3 is 5.32 Å². The Morgan fingerprint density at radius 1 is 0.556 bits per heavy atom. The van der Waals surface area contributed by atoms with Gasteiger partial charge in [0.05, 0.1) is 11.6 Å². The Morgan fingerprint density at radius 3 is 1.81 bits per heavy atom. The number of benzene rings is 8. The largest absolute Gasteiger partial charge is 0.354 e. The fourth-order valence-corrected chi connectivity index (χ4v) is 10.7. The van der Waals surface area contributed by atoms with Gasteiger partial charge in [-0.3, -0.25) is 5.32 Å². The summed E-state index contributed by atoms with van der Waals surface area (Å²) in [7, 11) is 0. The summed E-state index contributed by atoms with van der Waals surface area (Å²) in [4.78, 5) is 6.58. The highest BCUT2D eigenvalue weighted by Gasteiger charge is 2.46. The molecule has 0 aromatic heterocycles. The first-order chi connectivity index (χ1) is 31.0. The number of fused-ring (bicyclic) bond motifs is 3. The number of thiol groups is 1. The van der Waals surface area contributed by atoms with E-state index < -0.39 is 5.41 Å². The van der Waals surface area contributed by atoms with Crippen LogP contribution in [0.25, 0.3) is 33.4 Å². The summed E-state index contributed by atoms with van der Waals surface area (Å²) in [6.07, 6.45) is 2.90. The lowest BCUT2D eigenvalue weighted by molar-refractivity contribution is 0.262. The van der Waals surface area contributed by atoms with Gasteiger partial charge in [-0.25, -0.2) is 4.99 Å². The minimum Gasteiger partial charge on any atom is -0.354 e. The van der Waals surface area contributed by atoms with Crippen LogP contribution in [-0.2, 0) is 5.41 Å². The Kier molecular flexibility index (Phi) is 11.4. The maximum atomic E-state index is 5.51. The predicted octanol–water partition coefficient (Wildman–Crippen LogP) is 14.2. The minimum absolute atomic E-state index is 0.0141. The summed E-state index contributed by atoms with van der Waals surface area (Å²) in [6.45, 7) is 4.66. The van der Waals surface area contributed by atoms with Gasteiger partial charge in [-0.1, -0.05) is 202 Å². The molecule has 1 heterocycles. The van der Waals surface area contributed by atoms with Crippen molar-refractivity contribution in [3.05, 3.63) is 245 Å². The van der Waals surface area contributed by atoms with E-state index in [4.69, 9.17) is 17.6 Å². The van der Waals surface area contributed by atoms with E-state index in [1.807, 2.05) is 0 Å². The van der Waals surface area contributed by atoms with E-state index in [2.05, 4.69) is 231 Å². The van der Waals surface area contributed by atoms with Crippen LogP contribution in [0.3, 0.4) is 0 Å². The van der Waals surface area contributed by atoms with Gasteiger partial charge in [-0.15, -0.1) is 12.6 Å². The van der Waals surface area contributed by atoms with Gasteiger partial charge >= 0.3 is 0 Å². The van der Waals surface area contributed by atoms with Crippen molar-refractivity contribution < 1.29 is 0 Å². The van der Waals surface area contributed by atoms with Crippen molar-refractivity contribution in [3.63, 3.8) is 0 Å². The molecular formula is C59H53N3S. The maximum Gasteiger partial charge on any atom is 0.131 e. The topological polar surface area (TPSA) is 36.4 Å². The van der Waals surface area contributed by atoms with Crippen molar-refractivity contribution in [1.29, 1.82) is 0 Å². The van der Waals surface area contributed by atoms with E-state index >= 15 is 0 Å². The molecule has 4 heteroatoms. The van der Waals surface area contributed by atoms with Crippen LogP contribution in [0.15, 0.2) is 216 Å². The zero-order valence-corrected chi connectivity index (χ0v) is 36.8. The summed E-state index contributed by atoms with van der Waals surface area (Å²) in [5.41, 5.74) is 15.5. The zero-order valence-electron chi connectivity index (χ0n) is 36.0. The summed E-state index contributed by atoms with van der Waals surface area (Å²) in [6, 6.07) is 75.2. The lowest BCUT2D eigenvalue weighted by atomic mass is 9.67. The second-order valence-electron chi connectivity index (χ2n) is 17.2. The molecule has 2 N–H and O–H groups in total. The molecular weight excluding hydrogens is 783 g/mol. The Morgan fingerprint density at radius 2 is 1.13 bits per heavy atom. The number of nitrogens with one attached hydrogen (secondary N) is 2. The van der Waals surface area contributed by atoms with Gasteiger partial charge in [0, 0.05) is 10.5 Å². The molecule has 0 amide bonds. The molecule has 2 unspecified atom stereocenters. The van der Waals surface area contributed by atoms with Crippen LogP contribution in [0, 0.1) is 5.92 Å². The van der Waals surface area contributed by atoms with Crippen molar-refractivity contribution in [3.8, 4) is 33.4 Å². The van der Waals surface area contributed by atoms with Crippen molar-refractivity contribution in [2.75, 3.05) is 0 Å². The highest BCUT2D eigenvalue weighted by molar-refractivity contribution is 7.80. The highest BCUT2D eigenvalue weighted by atomic mass is 32.1. The van der Waals surface area contributed by atoms with Crippen LogP contribution >= 0.6 is 12.6 Å². The summed E-state index contributed by atoms with van der Waals surface area (Å²) < 4.78 is 0. The molecule has 1 aliphatic carbocycles. The number of amidine groups is 1. The van der Waals surface area contributed by atoms with Crippen LogP contribution in [0.5, 0.6) is 0 Å². The predicted molar refractivity (Wildman–Crippen MR) is 266 cm³/mol. The van der Waals surface area contributed by atoms with Gasteiger partial charge in [-0.2, -0.15) is 0 Å². The van der Waals surface area contributed by atoms with E-state index in [1.165, 1.54) is 61.2 Å². The molecule has 4 atom stereocenters. The molecule has 3 nitrogen and oxygen atoms in total. The van der Waals surface area contributed by atoms with Crippen molar-refractivity contribution in [1.82, 2.24) is 10.6 Å². The Bertz CT molecular complexity index is 2830. The van der Waals surface area contributed by atoms with Gasteiger partial charge in [0.2, 0.25) is 0 Å².